The zero-order valence-electron chi connectivity index (χ0n) is 11.4. The molecule has 1 aliphatic heterocycles. The van der Waals surface area contributed by atoms with E-state index >= 15 is 0 Å². The number of likely N-dealkylation sites (tertiary alicyclic amines) is 1. The molecule has 0 saturated carbocycles. The van der Waals surface area contributed by atoms with Gasteiger partial charge in [-0.05, 0) is 56.4 Å². The summed E-state index contributed by atoms with van der Waals surface area (Å²) >= 11 is 0. The molecule has 2 heteroatoms. The largest absolute Gasteiger partial charge is 0.306 e. The molecule has 1 aromatic carbocycles. The number of aldehydes is 1. The van der Waals surface area contributed by atoms with Crippen LogP contribution in [0.3, 0.4) is 0 Å². The van der Waals surface area contributed by atoms with E-state index in [4.69, 9.17) is 0 Å². The predicted octanol–water partition coefficient (Wildman–Crippen LogP) is 2.87. The molecule has 0 aromatic heterocycles. The summed E-state index contributed by atoms with van der Waals surface area (Å²) in [5, 5.41) is 0. The summed E-state index contributed by atoms with van der Waals surface area (Å²) < 4.78 is 0. The number of nitrogens with zero attached hydrogens (tertiary/aromatic N) is 1. The van der Waals surface area contributed by atoms with Crippen LogP contribution in [0.1, 0.15) is 36.8 Å². The first kappa shape index (κ1) is 13.3. The van der Waals surface area contributed by atoms with Gasteiger partial charge < -0.3 is 9.69 Å². The van der Waals surface area contributed by atoms with Crippen LogP contribution in [0.2, 0.25) is 0 Å². The Morgan fingerprint density at radius 1 is 1.28 bits per heavy atom. The average molecular weight is 245 g/mol. The number of benzene rings is 1. The van der Waals surface area contributed by atoms with Crippen molar-refractivity contribution in [3.05, 3.63) is 35.4 Å². The standard InChI is InChI=1S/C16H23NO/c1-13(12-18)16-5-3-14(4-6-16)11-15-7-9-17(2)10-8-15/h3-6,12-13,15H,7-11H2,1-2H3. The van der Waals surface area contributed by atoms with E-state index in [1.165, 1.54) is 37.9 Å². The Hall–Kier alpha value is -1.15. The van der Waals surface area contributed by atoms with Crippen LogP contribution >= 0.6 is 0 Å². The zero-order valence-corrected chi connectivity index (χ0v) is 11.4. The molecule has 0 aliphatic carbocycles. The fraction of sp³-hybridized carbons (Fsp3) is 0.562. The molecule has 2 rings (SSSR count). The van der Waals surface area contributed by atoms with Gasteiger partial charge in [-0.3, -0.25) is 0 Å². The van der Waals surface area contributed by atoms with Gasteiger partial charge in [0.05, 0.1) is 0 Å². The first-order valence-corrected chi connectivity index (χ1v) is 6.91. The van der Waals surface area contributed by atoms with Crippen molar-refractivity contribution in [1.29, 1.82) is 0 Å². The van der Waals surface area contributed by atoms with Crippen molar-refractivity contribution in [1.82, 2.24) is 4.90 Å². The summed E-state index contributed by atoms with van der Waals surface area (Å²) in [5.74, 6) is 0.845. The maximum absolute atomic E-state index is 10.7. The molecule has 1 aromatic rings. The number of piperidine rings is 1. The SMILES string of the molecule is CC(C=O)c1ccc(CC2CCN(C)CC2)cc1. The molecule has 0 N–H and O–H groups in total. The summed E-state index contributed by atoms with van der Waals surface area (Å²) in [6, 6.07) is 8.58. The quantitative estimate of drug-likeness (QED) is 0.760. The lowest BCUT2D eigenvalue weighted by molar-refractivity contribution is -0.108. The van der Waals surface area contributed by atoms with Gasteiger partial charge in [0, 0.05) is 5.92 Å². The highest BCUT2D eigenvalue weighted by Crippen LogP contribution is 2.22. The minimum Gasteiger partial charge on any atom is -0.306 e. The average Bonchev–Trinajstić information content (AvgIpc) is 2.41. The second-order valence-corrected chi connectivity index (χ2v) is 5.62. The van der Waals surface area contributed by atoms with E-state index in [1.807, 2.05) is 6.92 Å². The van der Waals surface area contributed by atoms with Gasteiger partial charge >= 0.3 is 0 Å². The Kier molecular flexibility index (Phi) is 4.54. The third kappa shape index (κ3) is 3.42. The molecule has 0 bridgehead atoms. The zero-order chi connectivity index (χ0) is 13.0. The van der Waals surface area contributed by atoms with Crippen molar-refractivity contribution in [2.75, 3.05) is 20.1 Å². The van der Waals surface area contributed by atoms with E-state index in [0.717, 1.165) is 17.8 Å². The third-order valence-electron chi connectivity index (χ3n) is 4.07. The lowest BCUT2D eigenvalue weighted by Gasteiger charge is -2.29. The summed E-state index contributed by atoms with van der Waals surface area (Å²) in [7, 11) is 2.20. The van der Waals surface area contributed by atoms with Gasteiger partial charge in [-0.15, -0.1) is 0 Å². The molecule has 1 heterocycles. The van der Waals surface area contributed by atoms with E-state index in [0.29, 0.717) is 0 Å². The fourth-order valence-electron chi connectivity index (χ4n) is 2.64. The lowest BCUT2D eigenvalue weighted by atomic mass is 9.89. The van der Waals surface area contributed by atoms with E-state index in [1.54, 1.807) is 0 Å². The normalized spacial score (nSPS) is 19.7. The predicted molar refractivity (Wildman–Crippen MR) is 74.8 cm³/mol. The number of hydrogen-bond acceptors (Lipinski definition) is 2. The van der Waals surface area contributed by atoms with Crippen molar-refractivity contribution in [2.24, 2.45) is 5.92 Å². The topological polar surface area (TPSA) is 20.3 Å². The monoisotopic (exact) mass is 245 g/mol. The van der Waals surface area contributed by atoms with Gasteiger partial charge in [-0.25, -0.2) is 0 Å². The minimum absolute atomic E-state index is 0.0161. The van der Waals surface area contributed by atoms with Gasteiger partial charge in [0.2, 0.25) is 0 Å². The van der Waals surface area contributed by atoms with Gasteiger partial charge in [-0.1, -0.05) is 31.2 Å². The smallest absolute Gasteiger partial charge is 0.127 e. The molecule has 0 radical (unpaired) electrons. The van der Waals surface area contributed by atoms with E-state index in [-0.39, 0.29) is 5.92 Å². The number of hydrogen-bond donors (Lipinski definition) is 0. The summed E-state index contributed by atoms with van der Waals surface area (Å²) in [5.41, 5.74) is 2.53. The van der Waals surface area contributed by atoms with Gasteiger partial charge in [0.25, 0.3) is 0 Å². The van der Waals surface area contributed by atoms with Crippen LogP contribution in [0.5, 0.6) is 0 Å². The fourth-order valence-corrected chi connectivity index (χ4v) is 2.64. The van der Waals surface area contributed by atoms with E-state index in [2.05, 4.69) is 36.2 Å². The Morgan fingerprint density at radius 3 is 2.44 bits per heavy atom. The summed E-state index contributed by atoms with van der Waals surface area (Å²) in [4.78, 5) is 13.1. The highest BCUT2D eigenvalue weighted by molar-refractivity contribution is 5.61. The minimum atomic E-state index is 0.0161. The molecule has 1 atom stereocenters. The van der Waals surface area contributed by atoms with Gasteiger partial charge in [-0.2, -0.15) is 0 Å². The number of rotatable bonds is 4. The van der Waals surface area contributed by atoms with Crippen LogP contribution in [0.4, 0.5) is 0 Å². The maximum atomic E-state index is 10.7. The molecule has 0 spiro atoms. The molecule has 1 unspecified atom stereocenters. The highest BCUT2D eigenvalue weighted by atomic mass is 16.1. The molecule has 2 nitrogen and oxygen atoms in total. The van der Waals surface area contributed by atoms with Gasteiger partial charge in [0.1, 0.15) is 6.29 Å². The second-order valence-electron chi connectivity index (χ2n) is 5.62. The first-order valence-electron chi connectivity index (χ1n) is 6.91. The van der Waals surface area contributed by atoms with Crippen LogP contribution in [-0.4, -0.2) is 31.3 Å². The van der Waals surface area contributed by atoms with Crippen LogP contribution in [0, 0.1) is 5.92 Å². The van der Waals surface area contributed by atoms with Crippen LogP contribution in [-0.2, 0) is 11.2 Å². The maximum Gasteiger partial charge on any atom is 0.127 e. The molecule has 1 aliphatic rings. The molecular weight excluding hydrogens is 222 g/mol. The Bertz CT molecular complexity index is 377. The molecule has 0 amide bonds. The Morgan fingerprint density at radius 2 is 1.89 bits per heavy atom. The summed E-state index contributed by atoms with van der Waals surface area (Å²) in [6.45, 7) is 4.40. The number of carbonyl (C=O) groups is 1. The van der Waals surface area contributed by atoms with Crippen molar-refractivity contribution >= 4 is 6.29 Å². The lowest BCUT2D eigenvalue weighted by Crippen LogP contribution is -2.30. The molecule has 1 fully saturated rings. The molecule has 1 saturated heterocycles. The second kappa shape index (κ2) is 6.14. The summed E-state index contributed by atoms with van der Waals surface area (Å²) in [6.07, 6.45) is 4.81. The van der Waals surface area contributed by atoms with E-state index in [9.17, 15) is 4.79 Å². The number of carbonyl (C=O) groups excluding carboxylic acids is 1. The first-order chi connectivity index (χ1) is 8.69. The molecule has 98 valence electrons. The van der Waals surface area contributed by atoms with E-state index < -0.39 is 0 Å². The van der Waals surface area contributed by atoms with Crippen LogP contribution in [0.25, 0.3) is 0 Å². The Labute approximate surface area is 110 Å². The Balaban J connectivity index is 1.92. The highest BCUT2D eigenvalue weighted by Gasteiger charge is 2.16. The van der Waals surface area contributed by atoms with Crippen molar-refractivity contribution in [3.63, 3.8) is 0 Å². The van der Waals surface area contributed by atoms with Crippen LogP contribution < -0.4 is 0 Å². The molecule has 18 heavy (non-hydrogen) atoms. The van der Waals surface area contributed by atoms with Crippen LogP contribution in [0.15, 0.2) is 24.3 Å². The van der Waals surface area contributed by atoms with Crippen molar-refractivity contribution < 1.29 is 4.79 Å². The van der Waals surface area contributed by atoms with Crippen molar-refractivity contribution in [2.45, 2.75) is 32.1 Å². The van der Waals surface area contributed by atoms with Gasteiger partial charge in [0.15, 0.2) is 0 Å². The molecular formula is C16H23NO. The van der Waals surface area contributed by atoms with Crippen molar-refractivity contribution in [3.8, 4) is 0 Å². The third-order valence-corrected chi connectivity index (χ3v) is 4.07.